The molecule has 5 rings (SSSR count). The lowest BCUT2D eigenvalue weighted by atomic mass is 10.2. The number of hydrogen-bond donors (Lipinski definition) is 1. The molecular formula is C26H25N5O2S. The molecule has 0 bridgehead atoms. The van der Waals surface area contributed by atoms with E-state index in [1.165, 1.54) is 11.8 Å². The average molecular weight is 472 g/mol. The Balaban J connectivity index is 1.20. The molecule has 2 heterocycles. The van der Waals surface area contributed by atoms with E-state index in [4.69, 9.17) is 4.74 Å². The highest BCUT2D eigenvalue weighted by atomic mass is 32.2. The number of hydrogen-bond acceptors (Lipinski definition) is 6. The zero-order chi connectivity index (χ0) is 23.3. The number of carbonyl (C=O) groups excluding carboxylic acids is 1. The third-order valence-corrected chi connectivity index (χ3v) is 6.59. The average Bonchev–Trinajstić information content (AvgIpc) is 3.64. The summed E-state index contributed by atoms with van der Waals surface area (Å²) in [5.41, 5.74) is 2.82. The molecule has 0 spiro atoms. The molecule has 2 aromatic heterocycles. The Morgan fingerprint density at radius 2 is 1.79 bits per heavy atom. The summed E-state index contributed by atoms with van der Waals surface area (Å²) in [5, 5.41) is 12.2. The fraction of sp³-hybridized carbons (Fsp3) is 0.231. The molecule has 34 heavy (non-hydrogen) atoms. The number of anilines is 1. The number of rotatable bonds is 9. The minimum absolute atomic E-state index is 0.0845. The summed E-state index contributed by atoms with van der Waals surface area (Å²) in [6.45, 7) is 2.39. The van der Waals surface area contributed by atoms with Gasteiger partial charge in [-0.05, 0) is 61.7 Å². The van der Waals surface area contributed by atoms with Crippen molar-refractivity contribution in [2.75, 3.05) is 5.32 Å². The molecule has 0 radical (unpaired) electrons. The van der Waals surface area contributed by atoms with Crippen LogP contribution in [0.15, 0.2) is 84.3 Å². The zero-order valence-electron chi connectivity index (χ0n) is 18.8. The first kappa shape index (κ1) is 22.2. The number of pyridine rings is 1. The highest BCUT2D eigenvalue weighted by Crippen LogP contribution is 2.41. The van der Waals surface area contributed by atoms with Gasteiger partial charge in [0, 0.05) is 29.7 Å². The Morgan fingerprint density at radius 1 is 1.06 bits per heavy atom. The summed E-state index contributed by atoms with van der Waals surface area (Å²) in [7, 11) is 0. The zero-order valence-corrected chi connectivity index (χ0v) is 19.6. The molecule has 0 saturated heterocycles. The first-order valence-corrected chi connectivity index (χ1v) is 12.1. The summed E-state index contributed by atoms with van der Waals surface area (Å²) in [5.74, 6) is 1.50. The van der Waals surface area contributed by atoms with Crippen LogP contribution in [0, 0.1) is 0 Å². The van der Waals surface area contributed by atoms with Gasteiger partial charge in [0.05, 0.1) is 5.25 Å². The maximum atomic E-state index is 12.9. The lowest BCUT2D eigenvalue weighted by Gasteiger charge is -2.14. The number of nitrogens with one attached hydrogen (secondary N) is 1. The topological polar surface area (TPSA) is 81.9 Å². The van der Waals surface area contributed by atoms with Gasteiger partial charge in [0.2, 0.25) is 5.91 Å². The lowest BCUT2D eigenvalue weighted by Crippen LogP contribution is -2.22. The fourth-order valence-electron chi connectivity index (χ4n) is 3.55. The van der Waals surface area contributed by atoms with Crippen molar-refractivity contribution in [3.63, 3.8) is 0 Å². The van der Waals surface area contributed by atoms with Gasteiger partial charge in [0.15, 0.2) is 11.0 Å². The van der Waals surface area contributed by atoms with E-state index in [1.807, 2.05) is 73.7 Å². The number of thioether (sulfide) groups is 1. The normalized spacial score (nSPS) is 13.9. The van der Waals surface area contributed by atoms with Gasteiger partial charge in [0.25, 0.3) is 0 Å². The van der Waals surface area contributed by atoms with Crippen LogP contribution in [0.25, 0.3) is 11.4 Å². The number of amides is 1. The molecule has 2 aromatic carbocycles. The predicted molar refractivity (Wildman–Crippen MR) is 133 cm³/mol. The summed E-state index contributed by atoms with van der Waals surface area (Å²) < 4.78 is 7.98. The van der Waals surface area contributed by atoms with Crippen LogP contribution in [0.5, 0.6) is 5.75 Å². The van der Waals surface area contributed by atoms with Gasteiger partial charge in [-0.3, -0.25) is 14.3 Å². The first-order chi connectivity index (χ1) is 16.7. The molecule has 1 fully saturated rings. The van der Waals surface area contributed by atoms with Crippen LogP contribution < -0.4 is 10.1 Å². The fourth-order valence-corrected chi connectivity index (χ4v) is 4.47. The monoisotopic (exact) mass is 471 g/mol. The first-order valence-electron chi connectivity index (χ1n) is 11.3. The minimum Gasteiger partial charge on any atom is -0.489 e. The molecular weight excluding hydrogens is 446 g/mol. The van der Waals surface area contributed by atoms with Crippen molar-refractivity contribution in [2.45, 2.75) is 42.8 Å². The van der Waals surface area contributed by atoms with Crippen LogP contribution in [-0.2, 0) is 11.4 Å². The van der Waals surface area contributed by atoms with Crippen molar-refractivity contribution in [3.8, 4) is 17.1 Å². The molecule has 1 aliphatic carbocycles. The van der Waals surface area contributed by atoms with E-state index >= 15 is 0 Å². The second-order valence-corrected chi connectivity index (χ2v) is 9.50. The summed E-state index contributed by atoms with van der Waals surface area (Å²) in [4.78, 5) is 16.9. The van der Waals surface area contributed by atoms with E-state index in [9.17, 15) is 4.79 Å². The van der Waals surface area contributed by atoms with Crippen molar-refractivity contribution in [1.82, 2.24) is 19.7 Å². The lowest BCUT2D eigenvalue weighted by molar-refractivity contribution is -0.115. The Hall–Kier alpha value is -3.65. The van der Waals surface area contributed by atoms with Crippen LogP contribution in [-0.4, -0.2) is 30.9 Å². The van der Waals surface area contributed by atoms with Crippen molar-refractivity contribution < 1.29 is 9.53 Å². The van der Waals surface area contributed by atoms with Gasteiger partial charge in [-0.2, -0.15) is 0 Å². The van der Waals surface area contributed by atoms with Gasteiger partial charge in [-0.1, -0.05) is 42.1 Å². The van der Waals surface area contributed by atoms with E-state index in [1.54, 1.807) is 12.4 Å². The van der Waals surface area contributed by atoms with E-state index in [0.717, 1.165) is 46.4 Å². The van der Waals surface area contributed by atoms with E-state index in [-0.39, 0.29) is 11.2 Å². The van der Waals surface area contributed by atoms with Crippen LogP contribution in [0.1, 0.15) is 31.4 Å². The van der Waals surface area contributed by atoms with E-state index in [2.05, 4.69) is 25.1 Å². The Bertz CT molecular complexity index is 1240. The quantitative estimate of drug-likeness (QED) is 0.330. The molecule has 8 heteroatoms. The molecule has 4 aromatic rings. The standard InChI is InChI=1S/C26H25N5O2S/c1-18(34-26-30-29-24(31(26)22-9-10-22)20-13-15-27-16-14-20)25(32)28-21-7-11-23(12-8-21)33-17-19-5-3-2-4-6-19/h2-8,11-16,18,22H,9-10,17H2,1H3,(H,28,32). The van der Waals surface area contributed by atoms with Crippen LogP contribution >= 0.6 is 11.8 Å². The van der Waals surface area contributed by atoms with Gasteiger partial charge < -0.3 is 10.1 Å². The number of aromatic nitrogens is 4. The number of ether oxygens (including phenoxy) is 1. The third kappa shape index (κ3) is 5.28. The molecule has 7 nitrogen and oxygen atoms in total. The van der Waals surface area contributed by atoms with Crippen molar-refractivity contribution in [1.29, 1.82) is 0 Å². The second-order valence-electron chi connectivity index (χ2n) is 8.19. The molecule has 172 valence electrons. The highest BCUT2D eigenvalue weighted by Gasteiger charge is 2.31. The SMILES string of the molecule is CC(Sc1nnc(-c2ccncc2)n1C1CC1)C(=O)Nc1ccc(OCc2ccccc2)cc1. The smallest absolute Gasteiger partial charge is 0.237 e. The van der Waals surface area contributed by atoms with Crippen molar-refractivity contribution in [3.05, 3.63) is 84.7 Å². The predicted octanol–water partition coefficient (Wildman–Crippen LogP) is 5.37. The number of nitrogens with zero attached hydrogens (tertiary/aromatic N) is 4. The van der Waals surface area contributed by atoms with E-state index in [0.29, 0.717) is 12.6 Å². The third-order valence-electron chi connectivity index (χ3n) is 5.54. The van der Waals surface area contributed by atoms with Gasteiger partial charge >= 0.3 is 0 Å². The van der Waals surface area contributed by atoms with Gasteiger partial charge in [-0.25, -0.2) is 0 Å². The maximum Gasteiger partial charge on any atom is 0.237 e. The van der Waals surface area contributed by atoms with Crippen LogP contribution in [0.2, 0.25) is 0 Å². The highest BCUT2D eigenvalue weighted by molar-refractivity contribution is 8.00. The maximum absolute atomic E-state index is 12.9. The van der Waals surface area contributed by atoms with Gasteiger partial charge in [0.1, 0.15) is 12.4 Å². The van der Waals surface area contributed by atoms with E-state index < -0.39 is 0 Å². The van der Waals surface area contributed by atoms with Crippen molar-refractivity contribution in [2.24, 2.45) is 0 Å². The Morgan fingerprint density at radius 3 is 2.50 bits per heavy atom. The molecule has 0 aliphatic heterocycles. The van der Waals surface area contributed by atoms with Crippen LogP contribution in [0.4, 0.5) is 5.69 Å². The van der Waals surface area contributed by atoms with Crippen LogP contribution in [0.3, 0.4) is 0 Å². The second kappa shape index (κ2) is 10.1. The molecule has 1 amide bonds. The Labute approximate surface area is 202 Å². The molecule has 1 unspecified atom stereocenters. The summed E-state index contributed by atoms with van der Waals surface area (Å²) in [6, 6.07) is 21.7. The molecule has 1 N–H and O–H groups in total. The van der Waals surface area contributed by atoms with Gasteiger partial charge in [-0.15, -0.1) is 10.2 Å². The summed E-state index contributed by atoms with van der Waals surface area (Å²) in [6.07, 6.45) is 5.70. The largest absolute Gasteiger partial charge is 0.489 e. The number of carbonyl (C=O) groups is 1. The molecule has 1 atom stereocenters. The molecule has 1 aliphatic rings. The number of benzene rings is 2. The minimum atomic E-state index is -0.332. The van der Waals surface area contributed by atoms with Crippen molar-refractivity contribution >= 4 is 23.4 Å². The summed E-state index contributed by atoms with van der Waals surface area (Å²) >= 11 is 1.43. The Kier molecular flexibility index (Phi) is 6.58. The molecule has 1 saturated carbocycles.